The van der Waals surface area contributed by atoms with Crippen molar-refractivity contribution in [1.29, 1.82) is 0 Å². The Bertz CT molecular complexity index is 504. The Labute approximate surface area is 97.9 Å². The van der Waals surface area contributed by atoms with Crippen molar-refractivity contribution in [2.75, 3.05) is 0 Å². The number of halogens is 1. The molecule has 16 heavy (non-hydrogen) atoms. The molecule has 0 aromatic carbocycles. The summed E-state index contributed by atoms with van der Waals surface area (Å²) in [6.45, 7) is 2.67. The van der Waals surface area contributed by atoms with Gasteiger partial charge in [-0.15, -0.1) is 0 Å². The van der Waals surface area contributed by atoms with Crippen LogP contribution in [0, 0.1) is 0 Å². The molecule has 0 fully saturated rings. The average molecular weight is 236 g/mol. The van der Waals surface area contributed by atoms with Crippen molar-refractivity contribution in [3.8, 4) is 0 Å². The van der Waals surface area contributed by atoms with Crippen LogP contribution in [0.1, 0.15) is 23.1 Å². The first-order valence-electron chi connectivity index (χ1n) is 4.89. The number of carbonyl (C=O) groups excluding carboxylic acids is 1. The zero-order chi connectivity index (χ0) is 11.5. The molecule has 0 aliphatic heterocycles. The number of nitrogens with zero attached hydrogens (tertiary/aromatic N) is 3. The predicted octanol–water partition coefficient (Wildman–Crippen LogP) is 2.18. The fourth-order valence-electron chi connectivity index (χ4n) is 1.41. The van der Waals surface area contributed by atoms with Crippen molar-refractivity contribution < 1.29 is 4.79 Å². The molecule has 2 aromatic rings. The molecular formula is C11H10ClN3O. The van der Waals surface area contributed by atoms with E-state index in [2.05, 4.69) is 9.97 Å². The molecule has 0 saturated carbocycles. The van der Waals surface area contributed by atoms with Crippen LogP contribution >= 0.6 is 11.6 Å². The Morgan fingerprint density at radius 3 is 2.88 bits per heavy atom. The SMILES string of the molecule is CCn1ccnc1C(=O)c1ccc(Cl)nc1. The van der Waals surface area contributed by atoms with Crippen LogP contribution in [-0.4, -0.2) is 20.3 Å². The van der Waals surface area contributed by atoms with Crippen molar-refractivity contribution in [2.45, 2.75) is 13.5 Å². The van der Waals surface area contributed by atoms with Gasteiger partial charge in [0.25, 0.3) is 0 Å². The molecule has 0 N–H and O–H groups in total. The van der Waals surface area contributed by atoms with Crippen molar-refractivity contribution in [3.05, 3.63) is 47.3 Å². The van der Waals surface area contributed by atoms with E-state index in [0.29, 0.717) is 23.1 Å². The standard InChI is InChI=1S/C11H10ClN3O/c1-2-15-6-5-13-11(15)10(16)8-3-4-9(12)14-7-8/h3-7H,2H2,1H3. The fourth-order valence-corrected chi connectivity index (χ4v) is 1.52. The van der Waals surface area contributed by atoms with Crippen LogP contribution in [0.3, 0.4) is 0 Å². The minimum absolute atomic E-state index is 0.143. The van der Waals surface area contributed by atoms with Crippen LogP contribution in [0.2, 0.25) is 5.15 Å². The summed E-state index contributed by atoms with van der Waals surface area (Å²) in [5.41, 5.74) is 0.491. The Morgan fingerprint density at radius 1 is 1.44 bits per heavy atom. The zero-order valence-electron chi connectivity index (χ0n) is 8.72. The minimum Gasteiger partial charge on any atom is -0.328 e. The highest BCUT2D eigenvalue weighted by atomic mass is 35.5. The molecule has 0 atom stereocenters. The Hall–Kier alpha value is -1.68. The second-order valence-corrected chi connectivity index (χ2v) is 3.62. The summed E-state index contributed by atoms with van der Waals surface area (Å²) >= 11 is 5.66. The van der Waals surface area contributed by atoms with E-state index >= 15 is 0 Å². The van der Waals surface area contributed by atoms with Gasteiger partial charge in [0.05, 0.1) is 0 Å². The lowest BCUT2D eigenvalue weighted by Gasteiger charge is -2.03. The van der Waals surface area contributed by atoms with E-state index in [9.17, 15) is 4.79 Å². The van der Waals surface area contributed by atoms with Gasteiger partial charge in [-0.3, -0.25) is 4.79 Å². The lowest BCUT2D eigenvalue weighted by Crippen LogP contribution is -2.10. The highest BCUT2D eigenvalue weighted by Crippen LogP contribution is 2.10. The Morgan fingerprint density at radius 2 is 2.25 bits per heavy atom. The zero-order valence-corrected chi connectivity index (χ0v) is 9.48. The van der Waals surface area contributed by atoms with E-state index < -0.39 is 0 Å². The van der Waals surface area contributed by atoms with Crippen molar-refractivity contribution >= 4 is 17.4 Å². The van der Waals surface area contributed by atoms with Crippen molar-refractivity contribution in [1.82, 2.24) is 14.5 Å². The molecule has 0 aliphatic carbocycles. The normalized spacial score (nSPS) is 10.4. The summed E-state index contributed by atoms with van der Waals surface area (Å²) in [6.07, 6.45) is 4.84. The first-order valence-corrected chi connectivity index (χ1v) is 5.27. The summed E-state index contributed by atoms with van der Waals surface area (Å²) < 4.78 is 1.79. The molecular weight excluding hydrogens is 226 g/mol. The number of ketones is 1. The summed E-state index contributed by atoms with van der Waals surface area (Å²) in [7, 11) is 0. The first-order chi connectivity index (χ1) is 7.72. The molecule has 2 heterocycles. The van der Waals surface area contributed by atoms with Gasteiger partial charge in [-0.05, 0) is 19.1 Å². The summed E-state index contributed by atoms with van der Waals surface area (Å²) in [4.78, 5) is 19.9. The topological polar surface area (TPSA) is 47.8 Å². The van der Waals surface area contributed by atoms with Gasteiger partial charge in [0.2, 0.25) is 5.78 Å². The molecule has 2 aromatic heterocycles. The summed E-state index contributed by atoms with van der Waals surface area (Å²) in [5.74, 6) is 0.280. The van der Waals surface area contributed by atoms with Crippen LogP contribution in [0.15, 0.2) is 30.7 Å². The van der Waals surface area contributed by atoms with Gasteiger partial charge in [-0.25, -0.2) is 9.97 Å². The molecule has 0 radical (unpaired) electrons. The summed E-state index contributed by atoms with van der Waals surface area (Å²) in [5, 5.41) is 0.371. The number of aryl methyl sites for hydroxylation is 1. The van der Waals surface area contributed by atoms with Crippen molar-refractivity contribution in [2.24, 2.45) is 0 Å². The molecule has 0 saturated heterocycles. The average Bonchev–Trinajstić information content (AvgIpc) is 2.77. The monoisotopic (exact) mass is 235 g/mol. The number of carbonyl (C=O) groups is 1. The molecule has 2 rings (SSSR count). The first kappa shape index (κ1) is 10.8. The molecule has 0 bridgehead atoms. The van der Waals surface area contributed by atoms with Crippen molar-refractivity contribution in [3.63, 3.8) is 0 Å². The number of rotatable bonds is 3. The number of imidazole rings is 1. The van der Waals surface area contributed by atoms with Crippen LogP contribution < -0.4 is 0 Å². The van der Waals surface area contributed by atoms with Gasteiger partial charge in [-0.1, -0.05) is 11.6 Å². The van der Waals surface area contributed by atoms with Gasteiger partial charge in [-0.2, -0.15) is 0 Å². The second-order valence-electron chi connectivity index (χ2n) is 3.24. The van der Waals surface area contributed by atoms with Gasteiger partial charge < -0.3 is 4.57 Å². The quantitative estimate of drug-likeness (QED) is 0.605. The fraction of sp³-hybridized carbons (Fsp3) is 0.182. The maximum absolute atomic E-state index is 12.0. The molecule has 4 nitrogen and oxygen atoms in total. The van der Waals surface area contributed by atoms with Crippen LogP contribution in [0.25, 0.3) is 0 Å². The molecule has 5 heteroatoms. The van der Waals surface area contributed by atoms with E-state index in [1.54, 1.807) is 29.1 Å². The highest BCUT2D eigenvalue weighted by molar-refractivity contribution is 6.29. The predicted molar refractivity (Wildman–Crippen MR) is 60.6 cm³/mol. The Balaban J connectivity index is 2.35. The number of hydrogen-bond donors (Lipinski definition) is 0. The van der Waals surface area contributed by atoms with Crippen LogP contribution in [-0.2, 0) is 6.54 Å². The van der Waals surface area contributed by atoms with E-state index in [4.69, 9.17) is 11.6 Å². The molecule has 0 amide bonds. The lowest BCUT2D eigenvalue weighted by molar-refractivity contribution is 0.102. The van der Waals surface area contributed by atoms with Crippen LogP contribution in [0.5, 0.6) is 0 Å². The summed E-state index contributed by atoms with van der Waals surface area (Å²) in [6, 6.07) is 3.24. The van der Waals surface area contributed by atoms with E-state index in [1.165, 1.54) is 6.20 Å². The third-order valence-corrected chi connectivity index (χ3v) is 2.47. The van der Waals surface area contributed by atoms with E-state index in [1.807, 2.05) is 6.92 Å². The van der Waals surface area contributed by atoms with Gasteiger partial charge >= 0.3 is 0 Å². The largest absolute Gasteiger partial charge is 0.328 e. The second kappa shape index (κ2) is 4.45. The molecule has 82 valence electrons. The van der Waals surface area contributed by atoms with Gasteiger partial charge in [0.1, 0.15) is 5.15 Å². The maximum Gasteiger partial charge on any atom is 0.229 e. The minimum atomic E-state index is -0.143. The van der Waals surface area contributed by atoms with Crippen LogP contribution in [0.4, 0.5) is 0 Å². The maximum atomic E-state index is 12.0. The molecule has 0 spiro atoms. The molecule has 0 aliphatic rings. The highest BCUT2D eigenvalue weighted by Gasteiger charge is 2.14. The number of hydrogen-bond acceptors (Lipinski definition) is 3. The molecule has 0 unspecified atom stereocenters. The number of aromatic nitrogens is 3. The number of pyridine rings is 1. The smallest absolute Gasteiger partial charge is 0.229 e. The van der Waals surface area contributed by atoms with Gasteiger partial charge in [0.15, 0.2) is 5.82 Å². The lowest BCUT2D eigenvalue weighted by atomic mass is 10.2. The Kier molecular flexibility index (Phi) is 3.01. The van der Waals surface area contributed by atoms with E-state index in [0.717, 1.165) is 0 Å². The third-order valence-electron chi connectivity index (χ3n) is 2.25. The van der Waals surface area contributed by atoms with Gasteiger partial charge in [0, 0.05) is 30.7 Å². The third kappa shape index (κ3) is 1.97. The van der Waals surface area contributed by atoms with E-state index in [-0.39, 0.29) is 5.78 Å².